The number of rotatable bonds is 3. The molecule has 5 nitrogen and oxygen atoms in total. The van der Waals surface area contributed by atoms with E-state index < -0.39 is 5.97 Å². The van der Waals surface area contributed by atoms with Gasteiger partial charge in [-0.3, -0.25) is 0 Å². The Bertz CT molecular complexity index is 765. The normalized spacial score (nSPS) is 14.8. The van der Waals surface area contributed by atoms with Gasteiger partial charge in [0.15, 0.2) is 0 Å². The molecule has 2 aromatic carbocycles. The predicted molar refractivity (Wildman–Crippen MR) is 98.2 cm³/mol. The molecule has 2 aromatic rings. The standard InChI is InChI=1S/C19H23N3O2/c1-13-4-3-5-17(14(13)2)21-8-10-22(11-9-21)18-7-6-15(20)12-16(18)19(23)24/h3-7,12H,8-11,20H2,1-2H3,(H,23,24). The van der Waals surface area contributed by atoms with Crippen LogP contribution in [0.2, 0.25) is 0 Å². The molecule has 0 bridgehead atoms. The van der Waals surface area contributed by atoms with Gasteiger partial charge in [0.25, 0.3) is 0 Å². The molecule has 1 fully saturated rings. The molecule has 24 heavy (non-hydrogen) atoms. The molecule has 3 rings (SSSR count). The highest BCUT2D eigenvalue weighted by atomic mass is 16.4. The maximum atomic E-state index is 11.5. The summed E-state index contributed by atoms with van der Waals surface area (Å²) in [6.07, 6.45) is 0. The smallest absolute Gasteiger partial charge is 0.337 e. The van der Waals surface area contributed by atoms with Crippen molar-refractivity contribution in [1.82, 2.24) is 0 Å². The number of nitrogen functional groups attached to an aromatic ring is 1. The summed E-state index contributed by atoms with van der Waals surface area (Å²) in [5.74, 6) is -0.936. The zero-order valence-electron chi connectivity index (χ0n) is 14.1. The largest absolute Gasteiger partial charge is 0.478 e. The van der Waals surface area contributed by atoms with Gasteiger partial charge in [0.05, 0.1) is 11.3 Å². The van der Waals surface area contributed by atoms with Crippen molar-refractivity contribution in [3.8, 4) is 0 Å². The average molecular weight is 325 g/mol. The van der Waals surface area contributed by atoms with Crippen LogP contribution < -0.4 is 15.5 Å². The summed E-state index contributed by atoms with van der Waals surface area (Å²) in [5, 5.41) is 9.43. The molecule has 0 amide bonds. The molecule has 0 aromatic heterocycles. The van der Waals surface area contributed by atoms with E-state index in [0.717, 1.165) is 31.9 Å². The number of aromatic carboxylic acids is 1. The number of nitrogens with zero attached hydrogens (tertiary/aromatic N) is 2. The zero-order valence-corrected chi connectivity index (χ0v) is 14.1. The van der Waals surface area contributed by atoms with Gasteiger partial charge < -0.3 is 20.6 Å². The molecule has 1 heterocycles. The summed E-state index contributed by atoms with van der Waals surface area (Å²) >= 11 is 0. The molecule has 0 aliphatic carbocycles. The summed E-state index contributed by atoms with van der Waals surface area (Å²) in [6, 6.07) is 11.5. The molecule has 1 saturated heterocycles. The van der Waals surface area contributed by atoms with E-state index in [2.05, 4.69) is 41.8 Å². The molecular weight excluding hydrogens is 302 g/mol. The lowest BCUT2D eigenvalue weighted by Crippen LogP contribution is -2.47. The lowest BCUT2D eigenvalue weighted by atomic mass is 10.1. The van der Waals surface area contributed by atoms with Crippen molar-refractivity contribution < 1.29 is 9.90 Å². The summed E-state index contributed by atoms with van der Waals surface area (Å²) in [5.41, 5.74) is 11.1. The fourth-order valence-electron chi connectivity index (χ4n) is 3.27. The molecule has 5 heteroatoms. The topological polar surface area (TPSA) is 69.8 Å². The molecule has 0 atom stereocenters. The Morgan fingerprint density at radius 2 is 1.62 bits per heavy atom. The fraction of sp³-hybridized carbons (Fsp3) is 0.316. The molecule has 1 aliphatic heterocycles. The number of anilines is 3. The summed E-state index contributed by atoms with van der Waals surface area (Å²) in [4.78, 5) is 16.0. The van der Waals surface area contributed by atoms with Crippen LogP contribution in [0.3, 0.4) is 0 Å². The van der Waals surface area contributed by atoms with Crippen LogP contribution in [0.15, 0.2) is 36.4 Å². The molecule has 0 radical (unpaired) electrons. The number of benzene rings is 2. The SMILES string of the molecule is Cc1cccc(N2CCN(c3ccc(N)cc3C(=O)O)CC2)c1C. The Kier molecular flexibility index (Phi) is 4.34. The van der Waals surface area contributed by atoms with Gasteiger partial charge in [0.2, 0.25) is 0 Å². The predicted octanol–water partition coefficient (Wildman–Crippen LogP) is 2.91. The number of hydrogen-bond acceptors (Lipinski definition) is 4. The Morgan fingerprint density at radius 3 is 2.25 bits per heavy atom. The molecule has 0 spiro atoms. The molecule has 0 saturated carbocycles. The third-order valence-electron chi connectivity index (χ3n) is 4.79. The minimum absolute atomic E-state index is 0.273. The Labute approximate surface area is 142 Å². The van der Waals surface area contributed by atoms with Crippen LogP contribution in [0.4, 0.5) is 17.1 Å². The molecule has 1 aliphatic rings. The van der Waals surface area contributed by atoms with Crippen LogP contribution in [0.5, 0.6) is 0 Å². The lowest BCUT2D eigenvalue weighted by Gasteiger charge is -2.38. The molecule has 0 unspecified atom stereocenters. The van der Waals surface area contributed by atoms with Crippen molar-refractivity contribution in [2.45, 2.75) is 13.8 Å². The van der Waals surface area contributed by atoms with Gasteiger partial charge in [0.1, 0.15) is 0 Å². The highest BCUT2D eigenvalue weighted by Gasteiger charge is 2.22. The summed E-state index contributed by atoms with van der Waals surface area (Å²) in [6.45, 7) is 7.60. The lowest BCUT2D eigenvalue weighted by molar-refractivity contribution is 0.0697. The van der Waals surface area contributed by atoms with E-state index in [4.69, 9.17) is 5.73 Å². The number of piperazine rings is 1. The Balaban J connectivity index is 1.78. The Hall–Kier alpha value is -2.69. The highest BCUT2D eigenvalue weighted by molar-refractivity contribution is 5.95. The average Bonchev–Trinajstić information content (AvgIpc) is 2.57. The Morgan fingerprint density at radius 1 is 1.00 bits per heavy atom. The summed E-state index contributed by atoms with van der Waals surface area (Å²) in [7, 11) is 0. The highest BCUT2D eigenvalue weighted by Crippen LogP contribution is 2.28. The minimum Gasteiger partial charge on any atom is -0.478 e. The van der Waals surface area contributed by atoms with Crippen LogP contribution in [0.1, 0.15) is 21.5 Å². The van der Waals surface area contributed by atoms with E-state index in [0.29, 0.717) is 5.69 Å². The third-order valence-corrected chi connectivity index (χ3v) is 4.79. The van der Waals surface area contributed by atoms with Gasteiger partial charge in [-0.05, 0) is 49.2 Å². The molecule has 3 N–H and O–H groups in total. The number of carbonyl (C=O) groups is 1. The fourth-order valence-corrected chi connectivity index (χ4v) is 3.27. The van der Waals surface area contributed by atoms with Crippen molar-refractivity contribution in [3.05, 3.63) is 53.1 Å². The van der Waals surface area contributed by atoms with E-state index in [-0.39, 0.29) is 5.56 Å². The number of hydrogen-bond donors (Lipinski definition) is 2. The second-order valence-corrected chi connectivity index (χ2v) is 6.27. The second-order valence-electron chi connectivity index (χ2n) is 6.27. The maximum Gasteiger partial charge on any atom is 0.337 e. The van der Waals surface area contributed by atoms with Crippen molar-refractivity contribution in [2.75, 3.05) is 41.7 Å². The molecule has 126 valence electrons. The van der Waals surface area contributed by atoms with Crippen LogP contribution >= 0.6 is 0 Å². The first-order valence-electron chi connectivity index (χ1n) is 8.16. The second kappa shape index (κ2) is 6.43. The molecular formula is C19H23N3O2. The van der Waals surface area contributed by atoms with Gasteiger partial charge in [-0.15, -0.1) is 0 Å². The van der Waals surface area contributed by atoms with E-state index in [1.807, 2.05) is 6.07 Å². The first-order valence-corrected chi connectivity index (χ1v) is 8.16. The van der Waals surface area contributed by atoms with Crippen LogP contribution in [0.25, 0.3) is 0 Å². The monoisotopic (exact) mass is 325 g/mol. The first kappa shape index (κ1) is 16.2. The van der Waals surface area contributed by atoms with Crippen LogP contribution in [-0.2, 0) is 0 Å². The van der Waals surface area contributed by atoms with Gasteiger partial charge >= 0.3 is 5.97 Å². The minimum atomic E-state index is -0.936. The number of nitrogens with two attached hydrogens (primary N) is 1. The van der Waals surface area contributed by atoms with Gasteiger partial charge in [-0.1, -0.05) is 12.1 Å². The quantitative estimate of drug-likeness (QED) is 0.849. The number of carboxylic acid groups (broad SMARTS) is 1. The number of aryl methyl sites for hydroxylation is 1. The van der Waals surface area contributed by atoms with Crippen molar-refractivity contribution >= 4 is 23.0 Å². The number of carboxylic acids is 1. The van der Waals surface area contributed by atoms with E-state index in [9.17, 15) is 9.90 Å². The maximum absolute atomic E-state index is 11.5. The van der Waals surface area contributed by atoms with Gasteiger partial charge in [-0.25, -0.2) is 4.79 Å². The summed E-state index contributed by atoms with van der Waals surface area (Å²) < 4.78 is 0. The van der Waals surface area contributed by atoms with Gasteiger partial charge in [0, 0.05) is 37.6 Å². The first-order chi connectivity index (χ1) is 11.5. The van der Waals surface area contributed by atoms with Crippen LogP contribution in [0, 0.1) is 13.8 Å². The van der Waals surface area contributed by atoms with E-state index in [1.165, 1.54) is 22.9 Å². The van der Waals surface area contributed by atoms with E-state index in [1.54, 1.807) is 6.07 Å². The zero-order chi connectivity index (χ0) is 17.3. The van der Waals surface area contributed by atoms with Crippen LogP contribution in [-0.4, -0.2) is 37.3 Å². The van der Waals surface area contributed by atoms with E-state index >= 15 is 0 Å². The van der Waals surface area contributed by atoms with Crippen molar-refractivity contribution in [2.24, 2.45) is 0 Å². The van der Waals surface area contributed by atoms with Crippen molar-refractivity contribution in [3.63, 3.8) is 0 Å². The van der Waals surface area contributed by atoms with Gasteiger partial charge in [-0.2, -0.15) is 0 Å². The van der Waals surface area contributed by atoms with Crippen molar-refractivity contribution in [1.29, 1.82) is 0 Å². The third kappa shape index (κ3) is 3.02.